The number of hydrogen-bond donors (Lipinski definition) is 4. The third-order valence-electron chi connectivity index (χ3n) is 6.25. The van der Waals surface area contributed by atoms with Crippen LogP contribution in [0.25, 0.3) is 0 Å². The molecular weight excluding hydrogens is 398 g/mol. The number of nitrogens with one attached hydrogen (secondary N) is 1. The molecule has 164 valence electrons. The van der Waals surface area contributed by atoms with E-state index in [1.54, 1.807) is 16.8 Å². The van der Waals surface area contributed by atoms with Crippen LogP contribution >= 0.6 is 0 Å². The summed E-state index contributed by atoms with van der Waals surface area (Å²) < 4.78 is 7.50. The number of carboxylic acid groups (broad SMARTS) is 1. The Kier molecular flexibility index (Phi) is 5.10. The fourth-order valence-electron chi connectivity index (χ4n) is 4.89. The molecule has 2 heterocycles. The van der Waals surface area contributed by atoms with Crippen LogP contribution in [0.4, 0.5) is 0 Å². The molecular formula is C22H27N5O4. The maximum absolute atomic E-state index is 13.2. The van der Waals surface area contributed by atoms with Crippen molar-refractivity contribution in [2.24, 2.45) is 17.4 Å². The summed E-state index contributed by atoms with van der Waals surface area (Å²) in [5.41, 5.74) is 14.6. The number of nitrogens with zero attached hydrogens (tertiary/aromatic N) is 2. The molecule has 0 radical (unpaired) electrons. The first kappa shape index (κ1) is 21.1. The molecule has 1 aliphatic heterocycles. The smallest absolute Gasteiger partial charge is 0.335 e. The number of hydrogen-bond acceptors (Lipinski definition) is 6. The molecule has 9 heteroatoms. The zero-order valence-electron chi connectivity index (χ0n) is 17.6. The molecule has 2 aliphatic rings. The summed E-state index contributed by atoms with van der Waals surface area (Å²) in [6.45, 7) is 8.40. The van der Waals surface area contributed by atoms with Crippen molar-refractivity contribution in [3.63, 3.8) is 0 Å². The van der Waals surface area contributed by atoms with E-state index in [9.17, 15) is 14.7 Å². The van der Waals surface area contributed by atoms with E-state index in [2.05, 4.69) is 17.0 Å². The lowest BCUT2D eigenvalue weighted by atomic mass is 9.77. The number of aryl methyl sites for hydroxylation is 2. The van der Waals surface area contributed by atoms with Gasteiger partial charge in [-0.1, -0.05) is 6.08 Å². The van der Waals surface area contributed by atoms with Crippen molar-refractivity contribution >= 4 is 11.9 Å². The minimum atomic E-state index is -1.33. The van der Waals surface area contributed by atoms with Gasteiger partial charge in [-0.05, 0) is 44.0 Å². The number of benzene rings is 1. The number of rotatable bonds is 6. The van der Waals surface area contributed by atoms with Gasteiger partial charge >= 0.3 is 5.97 Å². The first-order valence-corrected chi connectivity index (χ1v) is 10.3. The number of aromatic carboxylic acids is 1. The van der Waals surface area contributed by atoms with Gasteiger partial charge in [0, 0.05) is 23.9 Å². The Balaban J connectivity index is 1.80. The van der Waals surface area contributed by atoms with Crippen molar-refractivity contribution < 1.29 is 19.4 Å². The summed E-state index contributed by atoms with van der Waals surface area (Å²) in [4.78, 5) is 24.9. The Morgan fingerprint density at radius 3 is 2.84 bits per heavy atom. The quantitative estimate of drug-likeness (QED) is 0.407. The molecule has 31 heavy (non-hydrogen) atoms. The molecule has 4 atom stereocenters. The van der Waals surface area contributed by atoms with E-state index >= 15 is 0 Å². The molecule has 1 aliphatic carbocycles. The fraction of sp³-hybridized carbons (Fsp3) is 0.409. The van der Waals surface area contributed by atoms with Gasteiger partial charge in [0.25, 0.3) is 5.91 Å². The van der Waals surface area contributed by atoms with Gasteiger partial charge in [0.1, 0.15) is 17.1 Å². The second-order valence-corrected chi connectivity index (χ2v) is 8.21. The normalized spacial score (nSPS) is 26.1. The van der Waals surface area contributed by atoms with Crippen molar-refractivity contribution in [3.8, 4) is 5.75 Å². The van der Waals surface area contributed by atoms with E-state index in [1.807, 2.05) is 13.8 Å². The van der Waals surface area contributed by atoms with Crippen LogP contribution < -0.4 is 21.5 Å². The molecule has 2 unspecified atom stereocenters. The molecule has 0 saturated carbocycles. The van der Waals surface area contributed by atoms with E-state index in [1.165, 1.54) is 12.1 Å². The van der Waals surface area contributed by atoms with Crippen LogP contribution in [0.15, 0.2) is 30.9 Å². The van der Waals surface area contributed by atoms with E-state index in [0.29, 0.717) is 36.6 Å². The van der Waals surface area contributed by atoms with Gasteiger partial charge in [0.15, 0.2) is 0 Å². The van der Waals surface area contributed by atoms with Crippen LogP contribution in [-0.2, 0) is 6.54 Å². The summed E-state index contributed by atoms with van der Waals surface area (Å²) in [5, 5.41) is 16.8. The Hall–Kier alpha value is -3.17. The largest absolute Gasteiger partial charge is 0.493 e. The van der Waals surface area contributed by atoms with Crippen LogP contribution in [0.2, 0.25) is 0 Å². The first-order chi connectivity index (χ1) is 14.7. The number of nitrogens with two attached hydrogens (primary N) is 2. The molecule has 1 amide bonds. The van der Waals surface area contributed by atoms with Crippen molar-refractivity contribution in [3.05, 3.63) is 58.9 Å². The Morgan fingerprint density at radius 2 is 2.19 bits per heavy atom. The minimum absolute atomic E-state index is 0.0698. The van der Waals surface area contributed by atoms with Gasteiger partial charge in [0.05, 0.1) is 23.9 Å². The zero-order chi connectivity index (χ0) is 22.5. The predicted molar refractivity (Wildman–Crippen MR) is 114 cm³/mol. The lowest BCUT2D eigenvalue weighted by molar-refractivity contribution is 0.0695. The van der Waals surface area contributed by atoms with Crippen LogP contribution in [-0.4, -0.2) is 39.0 Å². The highest BCUT2D eigenvalue weighted by atomic mass is 16.5. The maximum atomic E-state index is 13.2. The van der Waals surface area contributed by atoms with E-state index in [0.717, 1.165) is 11.3 Å². The third-order valence-corrected chi connectivity index (χ3v) is 6.25. The third kappa shape index (κ3) is 3.21. The summed E-state index contributed by atoms with van der Waals surface area (Å²) in [6.07, 6.45) is 2.39. The van der Waals surface area contributed by atoms with Crippen LogP contribution in [0, 0.1) is 12.8 Å². The van der Waals surface area contributed by atoms with Gasteiger partial charge in [-0.2, -0.15) is 5.10 Å². The van der Waals surface area contributed by atoms with E-state index in [-0.39, 0.29) is 23.3 Å². The fourth-order valence-corrected chi connectivity index (χ4v) is 4.89. The molecule has 0 bridgehead atoms. The zero-order valence-corrected chi connectivity index (χ0v) is 17.6. The molecule has 2 aromatic rings. The minimum Gasteiger partial charge on any atom is -0.493 e. The number of carbonyl (C=O) groups is 2. The average molecular weight is 425 g/mol. The van der Waals surface area contributed by atoms with Gasteiger partial charge in [0.2, 0.25) is 0 Å². The average Bonchev–Trinajstić information content (AvgIpc) is 3.22. The van der Waals surface area contributed by atoms with Gasteiger partial charge in [-0.25, -0.2) is 4.79 Å². The van der Waals surface area contributed by atoms with Gasteiger partial charge in [-0.15, -0.1) is 6.58 Å². The van der Waals surface area contributed by atoms with Crippen LogP contribution in [0.1, 0.15) is 63.0 Å². The Bertz CT molecular complexity index is 1080. The van der Waals surface area contributed by atoms with Crippen molar-refractivity contribution in [1.82, 2.24) is 15.1 Å². The highest BCUT2D eigenvalue weighted by Crippen LogP contribution is 2.55. The monoisotopic (exact) mass is 425 g/mol. The lowest BCUT2D eigenvalue weighted by Gasteiger charge is -2.41. The number of amides is 1. The lowest BCUT2D eigenvalue weighted by Crippen LogP contribution is -2.64. The van der Waals surface area contributed by atoms with Crippen molar-refractivity contribution in [2.45, 2.75) is 44.4 Å². The predicted octanol–water partition coefficient (Wildman–Crippen LogP) is 1.68. The topological polar surface area (TPSA) is 145 Å². The van der Waals surface area contributed by atoms with Crippen molar-refractivity contribution in [2.75, 3.05) is 6.61 Å². The summed E-state index contributed by atoms with van der Waals surface area (Å²) in [7, 11) is 0. The van der Waals surface area contributed by atoms with Gasteiger partial charge < -0.3 is 26.6 Å². The van der Waals surface area contributed by atoms with Gasteiger partial charge in [-0.3, -0.25) is 9.48 Å². The van der Waals surface area contributed by atoms with E-state index in [4.69, 9.17) is 16.2 Å². The van der Waals surface area contributed by atoms with E-state index < -0.39 is 17.7 Å². The second-order valence-electron chi connectivity index (χ2n) is 8.21. The molecule has 1 aromatic heterocycles. The van der Waals surface area contributed by atoms with Crippen LogP contribution in [0.3, 0.4) is 0 Å². The first-order valence-electron chi connectivity index (χ1n) is 10.3. The molecule has 4 rings (SSSR count). The van der Waals surface area contributed by atoms with Crippen molar-refractivity contribution in [1.29, 1.82) is 0 Å². The summed E-state index contributed by atoms with van der Waals surface area (Å²) in [5.74, 6) is -1.44. The molecule has 9 nitrogen and oxygen atoms in total. The number of carbonyl (C=O) groups excluding carboxylic acids is 1. The SMILES string of the molecule is C=CC[C@@H]1COc2cc(C(=O)O)cc3c2C1[C@@](N)(NC(=O)c1cc(C)nn1CC)C3N. The number of ether oxygens (including phenoxy) is 1. The molecule has 0 saturated heterocycles. The Labute approximate surface area is 180 Å². The number of aromatic nitrogens is 2. The molecule has 0 fully saturated rings. The summed E-state index contributed by atoms with van der Waals surface area (Å²) >= 11 is 0. The maximum Gasteiger partial charge on any atom is 0.335 e. The molecule has 0 spiro atoms. The Morgan fingerprint density at radius 1 is 1.45 bits per heavy atom. The number of allylic oxidation sites excluding steroid dienone is 1. The molecule has 6 N–H and O–H groups in total. The highest BCUT2D eigenvalue weighted by molar-refractivity contribution is 5.94. The number of carboxylic acids is 1. The second kappa shape index (κ2) is 7.51. The molecule has 1 aromatic carbocycles. The summed E-state index contributed by atoms with van der Waals surface area (Å²) in [6, 6.07) is 3.91. The standard InChI is InChI=1S/C22H27N5O4/c1-4-6-12-10-31-16-9-13(21(29)30)8-14-17(16)18(12)22(24,19(14)23)25-20(28)15-7-11(3)26-27(15)5-2/h4,7-9,12,18-19H,1,5-6,10,23-24H2,2-3H3,(H,25,28)(H,29,30)/t12-,18?,19?,22-/m1/s1. The highest BCUT2D eigenvalue weighted by Gasteiger charge is 2.56. The van der Waals surface area contributed by atoms with Crippen LogP contribution in [0.5, 0.6) is 5.75 Å².